The minimum Gasteiger partial charge on any atom is -0.195 e. The van der Waals surface area contributed by atoms with Crippen LogP contribution >= 0.6 is 0 Å². The van der Waals surface area contributed by atoms with Crippen LogP contribution < -0.4 is 21.9 Å². The van der Waals surface area contributed by atoms with E-state index in [1.807, 2.05) is 0 Å². The molecule has 184 valence electrons. The number of unbranched alkanes of at least 4 members (excludes halogenated alkanes) is 7. The Bertz CT molecular complexity index is 925. The maximum absolute atomic E-state index is 5.27. The standard InChI is InChI=1S/C24H20B.C11H21/c1-5-13-21(14-6-1)25(22-15-7-2-8-16-22,23-17-9-3-10-18-23)24-19-11-4-12-20-24;1-3-5-7-9-11-10-8-6-4-2/h1-20H;1,3H,4-11H2,2H3/q-1;+1. The van der Waals surface area contributed by atoms with Crippen molar-refractivity contribution in [1.82, 2.24) is 0 Å². The van der Waals surface area contributed by atoms with Crippen LogP contribution in [0.5, 0.6) is 0 Å². The van der Waals surface area contributed by atoms with Gasteiger partial charge in [0.2, 0.25) is 6.58 Å². The van der Waals surface area contributed by atoms with E-state index < -0.39 is 6.15 Å². The van der Waals surface area contributed by atoms with Gasteiger partial charge in [-0.3, -0.25) is 0 Å². The number of hydrogen-bond acceptors (Lipinski definition) is 0. The summed E-state index contributed by atoms with van der Waals surface area (Å²) in [6.07, 6.45) is 11.3. The van der Waals surface area contributed by atoms with Gasteiger partial charge in [0, 0.05) is 6.42 Å². The molecule has 0 aromatic heterocycles. The summed E-state index contributed by atoms with van der Waals surface area (Å²) in [6.45, 7) is 7.52. The van der Waals surface area contributed by atoms with Crippen molar-refractivity contribution < 1.29 is 0 Å². The molecule has 36 heavy (non-hydrogen) atoms. The third-order valence-electron chi connectivity index (χ3n) is 7.17. The molecule has 0 amide bonds. The predicted octanol–water partition coefficient (Wildman–Crippen LogP) is 7.18. The molecule has 0 unspecified atom stereocenters. The first-order valence-corrected chi connectivity index (χ1v) is 13.7. The SMILES string of the molecule is [CH+]=CCCCCCCCCC.c1ccc([B-](c2ccccc2)(c2ccccc2)c2ccccc2)cc1. The molecule has 0 aliphatic rings. The highest BCUT2D eigenvalue weighted by atomic mass is 14.1. The van der Waals surface area contributed by atoms with Crippen molar-refractivity contribution in [3.63, 3.8) is 0 Å². The monoisotopic (exact) mass is 472 g/mol. The first-order chi connectivity index (χ1) is 17.8. The van der Waals surface area contributed by atoms with Gasteiger partial charge < -0.3 is 0 Å². The van der Waals surface area contributed by atoms with Crippen molar-refractivity contribution in [2.45, 2.75) is 58.3 Å². The number of allylic oxidation sites excluding steroid dienone is 1. The Morgan fingerprint density at radius 3 is 1.08 bits per heavy atom. The summed E-state index contributed by atoms with van der Waals surface area (Å²) in [5.41, 5.74) is 5.36. The van der Waals surface area contributed by atoms with E-state index in [0.717, 1.165) is 6.42 Å². The molecule has 0 atom stereocenters. The van der Waals surface area contributed by atoms with Gasteiger partial charge in [0.1, 0.15) is 6.15 Å². The molecule has 4 aromatic carbocycles. The van der Waals surface area contributed by atoms with Gasteiger partial charge in [0.05, 0.1) is 0 Å². The molecule has 0 N–H and O–H groups in total. The minimum absolute atomic E-state index is 1.09. The Kier molecular flexibility index (Phi) is 11.8. The second-order valence-electron chi connectivity index (χ2n) is 9.65. The Balaban J connectivity index is 0.000000280. The molecule has 0 aliphatic carbocycles. The van der Waals surface area contributed by atoms with Crippen LogP contribution in [0.15, 0.2) is 127 Å². The average Bonchev–Trinajstić information content (AvgIpc) is 2.96. The Hall–Kier alpha value is -3.41. The second kappa shape index (κ2) is 15.6. The van der Waals surface area contributed by atoms with Gasteiger partial charge in [-0.15, -0.1) is 0 Å². The summed E-state index contributed by atoms with van der Waals surface area (Å²) >= 11 is 0. The third kappa shape index (κ3) is 7.30. The maximum Gasteiger partial charge on any atom is 0.201 e. The van der Waals surface area contributed by atoms with Gasteiger partial charge in [-0.2, -0.15) is 21.9 Å². The van der Waals surface area contributed by atoms with E-state index in [9.17, 15) is 0 Å². The average molecular weight is 473 g/mol. The fraction of sp³-hybridized carbons (Fsp3) is 0.257. The zero-order chi connectivity index (χ0) is 25.3. The fourth-order valence-electron chi connectivity index (χ4n) is 5.34. The first-order valence-electron chi connectivity index (χ1n) is 13.7. The zero-order valence-electron chi connectivity index (χ0n) is 21.9. The van der Waals surface area contributed by atoms with Crippen LogP contribution in [0.25, 0.3) is 0 Å². The van der Waals surface area contributed by atoms with Crippen molar-refractivity contribution in [3.05, 3.63) is 134 Å². The quantitative estimate of drug-likeness (QED) is 0.116. The highest BCUT2D eigenvalue weighted by Gasteiger charge is 2.30. The second-order valence-corrected chi connectivity index (χ2v) is 9.65. The van der Waals surface area contributed by atoms with E-state index in [1.54, 1.807) is 6.08 Å². The summed E-state index contributed by atoms with van der Waals surface area (Å²) in [7, 11) is 0. The summed E-state index contributed by atoms with van der Waals surface area (Å²) < 4.78 is 0. The molecule has 0 spiro atoms. The summed E-state index contributed by atoms with van der Waals surface area (Å²) in [5, 5.41) is 0. The summed E-state index contributed by atoms with van der Waals surface area (Å²) in [5.74, 6) is 0. The van der Waals surface area contributed by atoms with E-state index in [-0.39, 0.29) is 0 Å². The Labute approximate surface area is 220 Å². The topological polar surface area (TPSA) is 0 Å². The molecule has 0 saturated heterocycles. The van der Waals surface area contributed by atoms with Gasteiger partial charge in [0.15, 0.2) is 6.08 Å². The van der Waals surface area contributed by atoms with Crippen LogP contribution in [0.1, 0.15) is 58.3 Å². The predicted molar refractivity (Wildman–Crippen MR) is 162 cm³/mol. The normalized spacial score (nSPS) is 10.8. The van der Waals surface area contributed by atoms with Gasteiger partial charge in [-0.1, -0.05) is 167 Å². The molecule has 4 rings (SSSR count). The molecular formula is C35H41B. The van der Waals surface area contributed by atoms with E-state index in [4.69, 9.17) is 6.58 Å². The molecule has 0 radical (unpaired) electrons. The van der Waals surface area contributed by atoms with Crippen LogP contribution in [0, 0.1) is 6.58 Å². The van der Waals surface area contributed by atoms with Crippen molar-refractivity contribution in [2.75, 3.05) is 0 Å². The van der Waals surface area contributed by atoms with Gasteiger partial charge in [-0.05, 0) is 6.42 Å². The lowest BCUT2D eigenvalue weighted by Crippen LogP contribution is -2.74. The molecule has 0 saturated carbocycles. The molecule has 0 bridgehead atoms. The number of rotatable bonds is 12. The zero-order valence-corrected chi connectivity index (χ0v) is 21.9. The van der Waals surface area contributed by atoms with Crippen LogP contribution in [0.2, 0.25) is 0 Å². The largest absolute Gasteiger partial charge is 0.201 e. The van der Waals surface area contributed by atoms with E-state index in [1.165, 1.54) is 66.8 Å². The molecule has 0 nitrogen and oxygen atoms in total. The molecule has 0 aliphatic heterocycles. The highest BCUT2D eigenvalue weighted by molar-refractivity contribution is 7.19. The van der Waals surface area contributed by atoms with Crippen molar-refractivity contribution in [3.8, 4) is 0 Å². The Morgan fingerprint density at radius 2 is 0.778 bits per heavy atom. The molecular weight excluding hydrogens is 431 g/mol. The molecule has 4 aromatic rings. The van der Waals surface area contributed by atoms with Crippen LogP contribution in [0.4, 0.5) is 0 Å². The molecule has 0 fully saturated rings. The van der Waals surface area contributed by atoms with Gasteiger partial charge in [-0.25, -0.2) is 0 Å². The van der Waals surface area contributed by atoms with Gasteiger partial charge in [0.25, 0.3) is 0 Å². The van der Waals surface area contributed by atoms with E-state index in [0.29, 0.717) is 0 Å². The fourth-order valence-corrected chi connectivity index (χ4v) is 5.34. The molecule has 0 heterocycles. The van der Waals surface area contributed by atoms with Crippen LogP contribution in [-0.4, -0.2) is 6.15 Å². The number of hydrogen-bond donors (Lipinski definition) is 0. The van der Waals surface area contributed by atoms with Gasteiger partial charge >= 0.3 is 0 Å². The van der Waals surface area contributed by atoms with Crippen molar-refractivity contribution in [2.24, 2.45) is 0 Å². The van der Waals surface area contributed by atoms with Crippen molar-refractivity contribution >= 4 is 28.0 Å². The smallest absolute Gasteiger partial charge is 0.195 e. The van der Waals surface area contributed by atoms with Crippen LogP contribution in [0.3, 0.4) is 0 Å². The van der Waals surface area contributed by atoms with E-state index in [2.05, 4.69) is 128 Å². The lowest BCUT2D eigenvalue weighted by Gasteiger charge is -2.44. The van der Waals surface area contributed by atoms with E-state index >= 15 is 0 Å². The molecule has 1 heteroatoms. The number of benzene rings is 4. The maximum atomic E-state index is 5.27. The highest BCUT2D eigenvalue weighted by Crippen LogP contribution is 2.09. The summed E-state index contributed by atoms with van der Waals surface area (Å²) in [6, 6.07) is 43.5. The lowest BCUT2D eigenvalue weighted by atomic mass is 9.13. The lowest BCUT2D eigenvalue weighted by molar-refractivity contribution is 0.592. The first kappa shape index (κ1) is 27.2. The third-order valence-corrected chi connectivity index (χ3v) is 7.17. The van der Waals surface area contributed by atoms with Crippen molar-refractivity contribution in [1.29, 1.82) is 0 Å². The summed E-state index contributed by atoms with van der Waals surface area (Å²) in [4.78, 5) is 0. The Morgan fingerprint density at radius 1 is 0.472 bits per heavy atom. The minimum atomic E-state index is -1.22. The van der Waals surface area contributed by atoms with Crippen LogP contribution in [-0.2, 0) is 0 Å².